The van der Waals surface area contributed by atoms with Gasteiger partial charge in [-0.25, -0.2) is 0 Å². The maximum Gasteiger partial charge on any atom is 0.170 e. The van der Waals surface area contributed by atoms with Crippen LogP contribution in [0.1, 0.15) is 43.2 Å². The summed E-state index contributed by atoms with van der Waals surface area (Å²) >= 11 is 5.81. The summed E-state index contributed by atoms with van der Waals surface area (Å²) < 4.78 is 13.8. The summed E-state index contributed by atoms with van der Waals surface area (Å²) in [6, 6.07) is 18.5. The van der Waals surface area contributed by atoms with E-state index < -0.39 is 0 Å². The van der Waals surface area contributed by atoms with Crippen LogP contribution in [0.3, 0.4) is 0 Å². The van der Waals surface area contributed by atoms with E-state index >= 15 is 0 Å². The lowest BCUT2D eigenvalue weighted by atomic mass is 10.0. The minimum absolute atomic E-state index is 0.00293. The first kappa shape index (κ1) is 21.0. The van der Waals surface area contributed by atoms with Gasteiger partial charge in [-0.2, -0.15) is 0 Å². The molecule has 4 heterocycles. The van der Waals surface area contributed by atoms with E-state index in [0.717, 1.165) is 53.9 Å². The maximum atomic E-state index is 5.96. The van der Waals surface area contributed by atoms with Gasteiger partial charge in [0.05, 0.1) is 30.5 Å². The van der Waals surface area contributed by atoms with Crippen molar-refractivity contribution in [3.05, 3.63) is 78.4 Å². The Morgan fingerprint density at radius 1 is 1.16 bits per heavy atom. The highest BCUT2D eigenvalue weighted by Gasteiger charge is 2.42. The van der Waals surface area contributed by atoms with Gasteiger partial charge in [-0.3, -0.25) is 4.98 Å². The van der Waals surface area contributed by atoms with Gasteiger partial charge in [0.1, 0.15) is 5.75 Å². The second-order valence-electron chi connectivity index (χ2n) is 8.14. The van der Waals surface area contributed by atoms with Crippen molar-refractivity contribution in [1.29, 1.82) is 0 Å². The summed E-state index contributed by atoms with van der Waals surface area (Å²) in [6.07, 6.45) is 6.32. The van der Waals surface area contributed by atoms with Crippen LogP contribution >= 0.6 is 12.2 Å². The van der Waals surface area contributed by atoms with Crippen LogP contribution in [0.2, 0.25) is 0 Å². The molecule has 2 fully saturated rings. The van der Waals surface area contributed by atoms with Gasteiger partial charge in [0.15, 0.2) is 5.11 Å². The predicted octanol–water partition coefficient (Wildman–Crippen LogP) is 4.42. The smallest absolute Gasteiger partial charge is 0.170 e. The van der Waals surface area contributed by atoms with Crippen molar-refractivity contribution < 1.29 is 9.47 Å². The number of hydrogen-bond acceptors (Lipinski definition) is 4. The number of nitrogens with one attached hydrogen (secondary N) is 1. The van der Waals surface area contributed by atoms with Crippen LogP contribution < -0.4 is 10.1 Å². The highest BCUT2D eigenvalue weighted by molar-refractivity contribution is 7.80. The van der Waals surface area contributed by atoms with Crippen molar-refractivity contribution in [2.24, 2.45) is 0 Å². The molecule has 3 aromatic rings. The lowest BCUT2D eigenvalue weighted by molar-refractivity contribution is 0.0836. The molecule has 3 atom stereocenters. The Hall–Kier alpha value is -2.90. The first-order valence-corrected chi connectivity index (χ1v) is 11.7. The van der Waals surface area contributed by atoms with Crippen molar-refractivity contribution in [3.8, 4) is 11.4 Å². The number of hydrogen-bond donors (Lipinski definition) is 1. The quantitative estimate of drug-likeness (QED) is 0.540. The second-order valence-corrected chi connectivity index (χ2v) is 8.53. The van der Waals surface area contributed by atoms with Gasteiger partial charge in [-0.15, -0.1) is 0 Å². The first-order valence-electron chi connectivity index (χ1n) is 11.2. The molecule has 0 bridgehead atoms. The molecule has 2 aliphatic rings. The molecular formula is C25H28N4O2S. The monoisotopic (exact) mass is 448 g/mol. The molecule has 5 rings (SSSR count). The molecule has 0 radical (unpaired) electrons. The zero-order chi connectivity index (χ0) is 21.9. The lowest BCUT2D eigenvalue weighted by Crippen LogP contribution is -2.36. The molecule has 0 spiro atoms. The Kier molecular flexibility index (Phi) is 6.10. The highest BCUT2D eigenvalue weighted by Crippen LogP contribution is 2.40. The van der Waals surface area contributed by atoms with E-state index in [2.05, 4.69) is 56.3 Å². The molecule has 32 heavy (non-hydrogen) atoms. The summed E-state index contributed by atoms with van der Waals surface area (Å²) in [4.78, 5) is 6.93. The van der Waals surface area contributed by atoms with Gasteiger partial charge in [0.25, 0.3) is 0 Å². The van der Waals surface area contributed by atoms with Crippen LogP contribution in [0.5, 0.6) is 5.75 Å². The van der Waals surface area contributed by atoms with E-state index in [1.54, 1.807) is 0 Å². The number of ether oxygens (including phenoxy) is 2. The minimum atomic E-state index is -0.0403. The van der Waals surface area contributed by atoms with Crippen LogP contribution in [0.15, 0.2) is 67.0 Å². The zero-order valence-electron chi connectivity index (χ0n) is 18.2. The van der Waals surface area contributed by atoms with Crippen LogP contribution in [0.4, 0.5) is 0 Å². The first-order chi connectivity index (χ1) is 15.7. The molecule has 0 saturated carbocycles. The lowest BCUT2D eigenvalue weighted by Gasteiger charge is -2.30. The Balaban J connectivity index is 1.53. The Labute approximate surface area is 194 Å². The zero-order valence-corrected chi connectivity index (χ0v) is 19.0. The highest BCUT2D eigenvalue weighted by atomic mass is 32.1. The standard InChI is InChI=1S/C25H28N4O2S/c1-2-30-19-12-10-18(11-13-19)28-15-5-9-22(28)24-23(21-8-3-4-14-26-21)27-25(32)29(24)17-20-7-6-16-31-20/h3-5,8-15,20,23-24H,2,6-7,16-17H2,1H3,(H,27,32)/t20-,23+,24-/m0/s1. The number of aromatic nitrogens is 2. The van der Waals surface area contributed by atoms with Gasteiger partial charge < -0.3 is 24.3 Å². The number of nitrogens with zero attached hydrogens (tertiary/aromatic N) is 3. The average molecular weight is 449 g/mol. The average Bonchev–Trinajstić information content (AvgIpc) is 3.57. The third kappa shape index (κ3) is 4.10. The number of rotatable bonds is 7. The number of pyridine rings is 1. The molecule has 6 nitrogen and oxygen atoms in total. The predicted molar refractivity (Wildman–Crippen MR) is 128 cm³/mol. The van der Waals surface area contributed by atoms with E-state index in [0.29, 0.717) is 6.61 Å². The van der Waals surface area contributed by atoms with Gasteiger partial charge in [-0.05, 0) is 80.5 Å². The Bertz CT molecular complexity index is 1050. The summed E-state index contributed by atoms with van der Waals surface area (Å²) in [5.74, 6) is 0.875. The summed E-state index contributed by atoms with van der Waals surface area (Å²) in [6.45, 7) is 4.25. The van der Waals surface area contributed by atoms with Gasteiger partial charge in [-0.1, -0.05) is 6.07 Å². The largest absolute Gasteiger partial charge is 0.494 e. The maximum absolute atomic E-state index is 5.96. The molecule has 1 aromatic carbocycles. The van der Waals surface area contributed by atoms with Crippen LogP contribution in [-0.4, -0.2) is 45.4 Å². The molecule has 166 valence electrons. The topological polar surface area (TPSA) is 51.5 Å². The van der Waals surface area contributed by atoms with Gasteiger partial charge in [0, 0.05) is 36.9 Å². The SMILES string of the molecule is CCOc1ccc(-n2cccc2[C@H]2[C@@H](c3ccccn3)NC(=S)N2C[C@@H]2CCCO2)cc1. The fourth-order valence-electron chi connectivity index (χ4n) is 4.67. The third-order valence-electron chi connectivity index (χ3n) is 6.13. The summed E-state index contributed by atoms with van der Waals surface area (Å²) in [5, 5.41) is 4.29. The molecule has 2 saturated heterocycles. The molecule has 0 aliphatic carbocycles. The molecule has 0 amide bonds. The van der Waals surface area contributed by atoms with Gasteiger partial charge in [0.2, 0.25) is 0 Å². The van der Waals surface area contributed by atoms with Crippen LogP contribution in [0, 0.1) is 0 Å². The van der Waals surface area contributed by atoms with E-state index in [9.17, 15) is 0 Å². The Morgan fingerprint density at radius 2 is 2.03 bits per heavy atom. The van der Waals surface area contributed by atoms with Crippen LogP contribution in [0.25, 0.3) is 5.69 Å². The molecule has 2 aromatic heterocycles. The van der Waals surface area contributed by atoms with E-state index in [4.69, 9.17) is 21.7 Å². The normalized spacial score (nSPS) is 22.8. The second kappa shape index (κ2) is 9.30. The van der Waals surface area contributed by atoms with Crippen molar-refractivity contribution in [3.63, 3.8) is 0 Å². The summed E-state index contributed by atoms with van der Waals surface area (Å²) in [7, 11) is 0. The molecule has 0 unspecified atom stereocenters. The fourth-order valence-corrected chi connectivity index (χ4v) is 4.99. The van der Waals surface area contributed by atoms with Crippen molar-refractivity contribution in [2.75, 3.05) is 19.8 Å². The molecular weight excluding hydrogens is 420 g/mol. The Morgan fingerprint density at radius 3 is 2.75 bits per heavy atom. The minimum Gasteiger partial charge on any atom is -0.494 e. The number of thiocarbonyl (C=S) groups is 1. The van der Waals surface area contributed by atoms with Crippen LogP contribution in [-0.2, 0) is 4.74 Å². The van der Waals surface area contributed by atoms with Crippen molar-refractivity contribution in [2.45, 2.75) is 38.0 Å². The van der Waals surface area contributed by atoms with E-state index in [1.165, 1.54) is 0 Å². The van der Waals surface area contributed by atoms with E-state index in [1.807, 2.05) is 37.4 Å². The molecule has 7 heteroatoms. The summed E-state index contributed by atoms with van der Waals surface area (Å²) in [5.41, 5.74) is 3.23. The van der Waals surface area contributed by atoms with Gasteiger partial charge >= 0.3 is 0 Å². The van der Waals surface area contributed by atoms with Crippen molar-refractivity contribution in [1.82, 2.24) is 19.8 Å². The van der Waals surface area contributed by atoms with E-state index in [-0.39, 0.29) is 18.2 Å². The third-order valence-corrected chi connectivity index (χ3v) is 6.48. The fraction of sp³-hybridized carbons (Fsp3) is 0.360. The molecule has 1 N–H and O–H groups in total. The van der Waals surface area contributed by atoms with Crippen molar-refractivity contribution >= 4 is 17.3 Å². The molecule has 2 aliphatic heterocycles. The number of benzene rings is 1.